The molecule has 0 bridgehead atoms. The van der Waals surface area contributed by atoms with Crippen molar-refractivity contribution in [3.8, 4) is 11.1 Å². The molecule has 31 heavy (non-hydrogen) atoms. The number of hydrogen-bond donors (Lipinski definition) is 1. The fraction of sp³-hybridized carbons (Fsp3) is 0.524. The SMILES string of the molecule is CC(C)N1CCC(S(=O)(=O)c2cc(-c3cnc(N)nc3)cc(N3CCOCC3)c2)C1.Cl. The number of benzene rings is 1. The van der Waals surface area contributed by atoms with Crippen LogP contribution in [0.3, 0.4) is 0 Å². The summed E-state index contributed by atoms with van der Waals surface area (Å²) in [7, 11) is -3.47. The summed E-state index contributed by atoms with van der Waals surface area (Å²) in [5.74, 6) is 0.190. The number of nitrogen functional groups attached to an aromatic ring is 1. The normalized spacial score (nSPS) is 20.1. The van der Waals surface area contributed by atoms with Crippen molar-refractivity contribution >= 4 is 33.9 Å². The van der Waals surface area contributed by atoms with Gasteiger partial charge < -0.3 is 15.4 Å². The van der Waals surface area contributed by atoms with E-state index in [0.29, 0.717) is 37.1 Å². The molecule has 0 saturated carbocycles. The van der Waals surface area contributed by atoms with E-state index >= 15 is 0 Å². The molecule has 2 aliphatic heterocycles. The first kappa shape index (κ1) is 23.7. The van der Waals surface area contributed by atoms with Crippen molar-refractivity contribution in [1.82, 2.24) is 14.9 Å². The molecule has 10 heteroatoms. The highest BCUT2D eigenvalue weighted by molar-refractivity contribution is 7.92. The maximum Gasteiger partial charge on any atom is 0.219 e. The Bertz CT molecular complexity index is 995. The second-order valence-corrected chi connectivity index (χ2v) is 10.4. The molecular weight excluding hydrogens is 438 g/mol. The number of nitrogens with two attached hydrogens (primary N) is 1. The van der Waals surface area contributed by atoms with Gasteiger partial charge in [0.1, 0.15) is 0 Å². The van der Waals surface area contributed by atoms with Crippen LogP contribution in [-0.2, 0) is 14.6 Å². The minimum absolute atomic E-state index is 0. The Morgan fingerprint density at radius 1 is 1.06 bits per heavy atom. The molecule has 2 N–H and O–H groups in total. The van der Waals surface area contributed by atoms with E-state index in [-0.39, 0.29) is 18.4 Å². The van der Waals surface area contributed by atoms with Crippen molar-refractivity contribution in [1.29, 1.82) is 0 Å². The van der Waals surface area contributed by atoms with Gasteiger partial charge in [0.05, 0.1) is 23.4 Å². The van der Waals surface area contributed by atoms with Gasteiger partial charge in [0.2, 0.25) is 5.95 Å². The van der Waals surface area contributed by atoms with Crippen LogP contribution in [0.25, 0.3) is 11.1 Å². The summed E-state index contributed by atoms with van der Waals surface area (Å²) in [5, 5.41) is -0.393. The summed E-state index contributed by atoms with van der Waals surface area (Å²) in [6, 6.07) is 5.88. The highest BCUT2D eigenvalue weighted by Crippen LogP contribution is 2.33. The van der Waals surface area contributed by atoms with Crippen LogP contribution < -0.4 is 10.6 Å². The van der Waals surface area contributed by atoms with E-state index in [2.05, 4.69) is 33.6 Å². The average Bonchev–Trinajstić information content (AvgIpc) is 3.26. The standard InChI is InChI=1S/C21H29N5O3S.ClH/c1-15(2)26-4-3-19(14-26)30(27,28)20-10-16(17-12-23-21(22)24-13-17)9-18(11-20)25-5-7-29-8-6-25;/h9-13,15,19H,3-8,14H2,1-2H3,(H2,22,23,24);1H. The molecule has 0 amide bonds. The van der Waals surface area contributed by atoms with Gasteiger partial charge in [-0.2, -0.15) is 0 Å². The fourth-order valence-corrected chi connectivity index (χ4v) is 5.84. The van der Waals surface area contributed by atoms with E-state index in [0.717, 1.165) is 36.4 Å². The second-order valence-electron chi connectivity index (χ2n) is 8.19. The molecule has 0 aliphatic carbocycles. The lowest BCUT2D eigenvalue weighted by atomic mass is 10.1. The first-order chi connectivity index (χ1) is 14.3. The van der Waals surface area contributed by atoms with Gasteiger partial charge in [-0.25, -0.2) is 18.4 Å². The van der Waals surface area contributed by atoms with Crippen molar-refractivity contribution in [3.05, 3.63) is 30.6 Å². The highest BCUT2D eigenvalue weighted by atomic mass is 35.5. The van der Waals surface area contributed by atoms with Crippen LogP contribution in [0.15, 0.2) is 35.5 Å². The van der Waals surface area contributed by atoms with Crippen LogP contribution in [0.2, 0.25) is 0 Å². The number of morpholine rings is 1. The molecule has 3 heterocycles. The summed E-state index contributed by atoms with van der Waals surface area (Å²) in [4.78, 5) is 12.9. The van der Waals surface area contributed by atoms with E-state index in [1.54, 1.807) is 24.5 Å². The number of sulfone groups is 1. The molecule has 1 unspecified atom stereocenters. The van der Waals surface area contributed by atoms with Crippen molar-refractivity contribution in [2.45, 2.75) is 36.5 Å². The lowest BCUT2D eigenvalue weighted by molar-refractivity contribution is 0.122. The van der Waals surface area contributed by atoms with Gasteiger partial charge in [0.15, 0.2) is 9.84 Å². The zero-order valence-electron chi connectivity index (χ0n) is 17.9. The van der Waals surface area contributed by atoms with Crippen molar-refractivity contribution < 1.29 is 13.2 Å². The number of hydrogen-bond acceptors (Lipinski definition) is 8. The smallest absolute Gasteiger partial charge is 0.219 e. The Balaban J connectivity index is 0.00000272. The lowest BCUT2D eigenvalue weighted by Gasteiger charge is -2.30. The Morgan fingerprint density at radius 3 is 2.35 bits per heavy atom. The zero-order chi connectivity index (χ0) is 21.3. The number of rotatable bonds is 5. The predicted octanol–water partition coefficient (Wildman–Crippen LogP) is 2.24. The Labute approximate surface area is 190 Å². The second kappa shape index (κ2) is 9.68. The van der Waals surface area contributed by atoms with Crippen molar-refractivity contribution in [2.75, 3.05) is 50.0 Å². The van der Waals surface area contributed by atoms with Gasteiger partial charge in [0, 0.05) is 49.3 Å². The van der Waals surface area contributed by atoms with Crippen LogP contribution in [0.1, 0.15) is 20.3 Å². The third kappa shape index (κ3) is 5.11. The molecule has 4 rings (SSSR count). The van der Waals surface area contributed by atoms with E-state index in [1.807, 2.05) is 6.07 Å². The first-order valence-electron chi connectivity index (χ1n) is 10.4. The van der Waals surface area contributed by atoms with Gasteiger partial charge in [-0.3, -0.25) is 4.90 Å². The highest BCUT2D eigenvalue weighted by Gasteiger charge is 2.35. The Kier molecular flexibility index (Phi) is 7.41. The molecule has 1 atom stereocenters. The van der Waals surface area contributed by atoms with Crippen LogP contribution in [0, 0.1) is 0 Å². The van der Waals surface area contributed by atoms with Gasteiger partial charge in [-0.15, -0.1) is 12.4 Å². The number of ether oxygens (including phenoxy) is 1. The summed E-state index contributed by atoms with van der Waals surface area (Å²) in [6.07, 6.45) is 3.92. The quantitative estimate of drug-likeness (QED) is 0.714. The summed E-state index contributed by atoms with van der Waals surface area (Å²) >= 11 is 0. The third-order valence-electron chi connectivity index (χ3n) is 5.95. The molecule has 0 radical (unpaired) electrons. The molecule has 2 aliphatic rings. The molecule has 2 fully saturated rings. The molecule has 0 spiro atoms. The maximum atomic E-state index is 13.6. The van der Waals surface area contributed by atoms with Crippen LogP contribution in [0.5, 0.6) is 0 Å². The predicted molar refractivity (Wildman–Crippen MR) is 124 cm³/mol. The largest absolute Gasteiger partial charge is 0.378 e. The van der Waals surface area contributed by atoms with E-state index < -0.39 is 15.1 Å². The minimum atomic E-state index is -3.47. The molecule has 8 nitrogen and oxygen atoms in total. The summed E-state index contributed by atoms with van der Waals surface area (Å²) < 4.78 is 32.6. The number of aromatic nitrogens is 2. The van der Waals surface area contributed by atoms with E-state index in [4.69, 9.17) is 10.5 Å². The van der Waals surface area contributed by atoms with Gasteiger partial charge in [-0.1, -0.05) is 0 Å². The average molecular weight is 468 g/mol. The maximum absolute atomic E-state index is 13.6. The molecule has 2 aromatic rings. The molecule has 1 aromatic carbocycles. The van der Waals surface area contributed by atoms with E-state index in [1.165, 1.54) is 0 Å². The minimum Gasteiger partial charge on any atom is -0.378 e. The Morgan fingerprint density at radius 2 is 1.74 bits per heavy atom. The molecule has 2 saturated heterocycles. The van der Waals surface area contributed by atoms with Gasteiger partial charge >= 0.3 is 0 Å². The monoisotopic (exact) mass is 467 g/mol. The first-order valence-corrected chi connectivity index (χ1v) is 11.9. The van der Waals surface area contributed by atoms with Gasteiger partial charge in [-0.05, 0) is 50.6 Å². The zero-order valence-corrected chi connectivity index (χ0v) is 19.5. The topological polar surface area (TPSA) is 102 Å². The van der Waals surface area contributed by atoms with Crippen LogP contribution >= 0.6 is 12.4 Å². The van der Waals surface area contributed by atoms with Crippen LogP contribution in [0.4, 0.5) is 11.6 Å². The van der Waals surface area contributed by atoms with Crippen molar-refractivity contribution in [3.63, 3.8) is 0 Å². The number of nitrogens with zero attached hydrogens (tertiary/aromatic N) is 4. The lowest BCUT2D eigenvalue weighted by Crippen LogP contribution is -2.36. The van der Waals surface area contributed by atoms with Gasteiger partial charge in [0.25, 0.3) is 0 Å². The van der Waals surface area contributed by atoms with Crippen molar-refractivity contribution in [2.24, 2.45) is 0 Å². The number of halogens is 1. The third-order valence-corrected chi connectivity index (χ3v) is 8.10. The number of anilines is 2. The Hall–Kier alpha value is -1.94. The fourth-order valence-electron chi connectivity index (χ4n) is 4.07. The van der Waals surface area contributed by atoms with E-state index in [9.17, 15) is 8.42 Å². The molecule has 170 valence electrons. The number of likely N-dealkylation sites (tertiary alicyclic amines) is 1. The molecule has 1 aromatic heterocycles. The van der Waals surface area contributed by atoms with Crippen LogP contribution in [-0.4, -0.2) is 74.0 Å². The summed E-state index contributed by atoms with van der Waals surface area (Å²) in [6.45, 7) is 8.30. The summed E-state index contributed by atoms with van der Waals surface area (Å²) in [5.41, 5.74) is 8.02. The molecular formula is C21H30ClN5O3S.